The Balaban J connectivity index is 2.10. The molecule has 16 heavy (non-hydrogen) atoms. The van der Waals surface area contributed by atoms with Crippen LogP contribution in [0.15, 0.2) is 18.2 Å². The SMILES string of the molecule is NC(=O)Cc1ccc(Cl)cc1OC[C@@H]1CO1. The van der Waals surface area contributed by atoms with Gasteiger partial charge in [0, 0.05) is 10.6 Å². The molecule has 1 aromatic rings. The van der Waals surface area contributed by atoms with Crippen LogP contribution in [0.2, 0.25) is 5.02 Å². The molecule has 0 saturated carbocycles. The summed E-state index contributed by atoms with van der Waals surface area (Å²) in [7, 11) is 0. The average Bonchev–Trinajstić information content (AvgIpc) is 3.01. The van der Waals surface area contributed by atoms with Gasteiger partial charge in [-0.2, -0.15) is 0 Å². The molecule has 0 bridgehead atoms. The molecule has 0 aromatic heterocycles. The van der Waals surface area contributed by atoms with Gasteiger partial charge in [-0.1, -0.05) is 17.7 Å². The Morgan fingerprint density at radius 1 is 1.62 bits per heavy atom. The normalized spacial score (nSPS) is 18.2. The summed E-state index contributed by atoms with van der Waals surface area (Å²) in [6, 6.07) is 5.14. The molecular formula is C11H12ClNO3. The second kappa shape index (κ2) is 4.72. The number of primary amides is 1. The first-order chi connectivity index (χ1) is 7.65. The van der Waals surface area contributed by atoms with Crippen molar-refractivity contribution >= 4 is 17.5 Å². The van der Waals surface area contributed by atoms with Gasteiger partial charge in [0.2, 0.25) is 5.91 Å². The van der Waals surface area contributed by atoms with E-state index in [1.807, 2.05) is 0 Å². The van der Waals surface area contributed by atoms with Gasteiger partial charge >= 0.3 is 0 Å². The molecule has 1 aromatic carbocycles. The second-order valence-electron chi connectivity index (χ2n) is 3.66. The van der Waals surface area contributed by atoms with Crippen LogP contribution in [0.3, 0.4) is 0 Å². The minimum atomic E-state index is -0.394. The van der Waals surface area contributed by atoms with E-state index in [-0.39, 0.29) is 12.5 Å². The first-order valence-corrected chi connectivity index (χ1v) is 5.34. The van der Waals surface area contributed by atoms with Crippen molar-refractivity contribution in [3.8, 4) is 5.75 Å². The van der Waals surface area contributed by atoms with E-state index in [4.69, 9.17) is 26.8 Å². The summed E-state index contributed by atoms with van der Waals surface area (Å²) >= 11 is 5.86. The Morgan fingerprint density at radius 3 is 3.00 bits per heavy atom. The Kier molecular flexibility index (Phi) is 3.31. The van der Waals surface area contributed by atoms with Gasteiger partial charge in [-0.3, -0.25) is 4.79 Å². The van der Waals surface area contributed by atoms with Crippen LogP contribution in [-0.2, 0) is 16.0 Å². The van der Waals surface area contributed by atoms with Crippen LogP contribution in [0, 0.1) is 0 Å². The molecule has 1 fully saturated rings. The lowest BCUT2D eigenvalue weighted by atomic mass is 10.1. The van der Waals surface area contributed by atoms with E-state index in [0.717, 1.165) is 12.2 Å². The fourth-order valence-corrected chi connectivity index (χ4v) is 1.51. The van der Waals surface area contributed by atoms with E-state index in [9.17, 15) is 4.79 Å². The van der Waals surface area contributed by atoms with Crippen LogP contribution < -0.4 is 10.5 Å². The summed E-state index contributed by atoms with van der Waals surface area (Å²) in [5.41, 5.74) is 5.90. The van der Waals surface area contributed by atoms with E-state index in [1.165, 1.54) is 0 Å². The Morgan fingerprint density at radius 2 is 2.38 bits per heavy atom. The van der Waals surface area contributed by atoms with Gasteiger partial charge in [0.05, 0.1) is 13.0 Å². The van der Waals surface area contributed by atoms with Gasteiger partial charge in [-0.15, -0.1) is 0 Å². The van der Waals surface area contributed by atoms with Gasteiger partial charge < -0.3 is 15.2 Å². The molecule has 1 aliphatic rings. The average molecular weight is 242 g/mol. The van der Waals surface area contributed by atoms with Crippen LogP contribution >= 0.6 is 11.6 Å². The van der Waals surface area contributed by atoms with Gasteiger partial charge in [0.1, 0.15) is 18.5 Å². The molecule has 0 unspecified atom stereocenters. The van der Waals surface area contributed by atoms with Crippen molar-refractivity contribution in [2.24, 2.45) is 5.73 Å². The van der Waals surface area contributed by atoms with Crippen molar-refractivity contribution in [3.05, 3.63) is 28.8 Å². The molecule has 0 spiro atoms. The highest BCUT2D eigenvalue weighted by molar-refractivity contribution is 6.30. The number of carbonyl (C=O) groups is 1. The van der Waals surface area contributed by atoms with Crippen molar-refractivity contribution in [1.29, 1.82) is 0 Å². The third-order valence-electron chi connectivity index (χ3n) is 2.22. The highest BCUT2D eigenvalue weighted by Gasteiger charge is 2.23. The number of nitrogens with two attached hydrogens (primary N) is 1. The summed E-state index contributed by atoms with van der Waals surface area (Å²) in [6.45, 7) is 1.21. The maximum Gasteiger partial charge on any atom is 0.221 e. The standard InChI is InChI=1S/C11H12ClNO3/c12-8-2-1-7(3-11(13)14)10(4-8)16-6-9-5-15-9/h1-2,4,9H,3,5-6H2,(H2,13,14)/t9-/m0/s1. The summed E-state index contributed by atoms with van der Waals surface area (Å²) in [5.74, 6) is 0.205. The molecular weight excluding hydrogens is 230 g/mol. The van der Waals surface area contributed by atoms with Crippen molar-refractivity contribution in [2.75, 3.05) is 13.2 Å². The van der Waals surface area contributed by atoms with Crippen LogP contribution in [0.5, 0.6) is 5.75 Å². The Hall–Kier alpha value is -1.26. The first kappa shape index (κ1) is 11.2. The zero-order chi connectivity index (χ0) is 11.5. The number of hydrogen-bond acceptors (Lipinski definition) is 3. The predicted octanol–water partition coefficient (Wildman–Crippen LogP) is 1.15. The molecule has 5 heteroatoms. The topological polar surface area (TPSA) is 64.9 Å². The quantitative estimate of drug-likeness (QED) is 0.787. The van der Waals surface area contributed by atoms with Crippen LogP contribution in [-0.4, -0.2) is 25.2 Å². The highest BCUT2D eigenvalue weighted by Crippen LogP contribution is 2.25. The zero-order valence-electron chi connectivity index (χ0n) is 8.61. The molecule has 1 aliphatic heterocycles. The van der Waals surface area contributed by atoms with E-state index in [1.54, 1.807) is 18.2 Å². The van der Waals surface area contributed by atoms with Crippen LogP contribution in [0.25, 0.3) is 0 Å². The number of carbonyl (C=O) groups excluding carboxylic acids is 1. The Bertz CT molecular complexity index is 404. The van der Waals surface area contributed by atoms with Crippen molar-refractivity contribution in [3.63, 3.8) is 0 Å². The minimum Gasteiger partial charge on any atom is -0.490 e. The summed E-state index contributed by atoms with van der Waals surface area (Å²) in [5, 5.41) is 0.569. The molecule has 1 amide bonds. The fraction of sp³-hybridized carbons (Fsp3) is 0.364. The van der Waals surface area contributed by atoms with E-state index < -0.39 is 5.91 Å². The fourth-order valence-electron chi connectivity index (χ4n) is 1.34. The Labute approximate surface area is 98.3 Å². The van der Waals surface area contributed by atoms with E-state index in [2.05, 4.69) is 0 Å². The molecule has 1 atom stereocenters. The maximum absolute atomic E-state index is 10.9. The number of halogens is 1. The van der Waals surface area contributed by atoms with Gasteiger partial charge in [-0.05, 0) is 12.1 Å². The van der Waals surface area contributed by atoms with E-state index in [0.29, 0.717) is 17.4 Å². The molecule has 4 nitrogen and oxygen atoms in total. The monoisotopic (exact) mass is 241 g/mol. The lowest BCUT2D eigenvalue weighted by Gasteiger charge is -2.09. The number of benzene rings is 1. The number of ether oxygens (including phenoxy) is 2. The molecule has 0 aliphatic carbocycles. The van der Waals surface area contributed by atoms with E-state index >= 15 is 0 Å². The number of rotatable bonds is 5. The molecule has 2 rings (SSSR count). The van der Waals surface area contributed by atoms with Crippen molar-refractivity contribution in [2.45, 2.75) is 12.5 Å². The van der Waals surface area contributed by atoms with Crippen molar-refractivity contribution in [1.82, 2.24) is 0 Å². The molecule has 2 N–H and O–H groups in total. The predicted molar refractivity (Wildman–Crippen MR) is 59.6 cm³/mol. The van der Waals surface area contributed by atoms with Crippen molar-refractivity contribution < 1.29 is 14.3 Å². The van der Waals surface area contributed by atoms with Gasteiger partial charge in [0.25, 0.3) is 0 Å². The minimum absolute atomic E-state index is 0.151. The highest BCUT2D eigenvalue weighted by atomic mass is 35.5. The third kappa shape index (κ3) is 3.12. The van der Waals surface area contributed by atoms with Gasteiger partial charge in [0.15, 0.2) is 0 Å². The summed E-state index contributed by atoms with van der Waals surface area (Å²) in [4.78, 5) is 10.9. The first-order valence-electron chi connectivity index (χ1n) is 4.96. The van der Waals surface area contributed by atoms with Gasteiger partial charge in [-0.25, -0.2) is 0 Å². The summed E-state index contributed by atoms with van der Waals surface area (Å²) in [6.07, 6.45) is 0.318. The lowest BCUT2D eigenvalue weighted by Crippen LogP contribution is -2.15. The second-order valence-corrected chi connectivity index (χ2v) is 4.10. The number of amides is 1. The number of epoxide rings is 1. The van der Waals surface area contributed by atoms with Crippen LogP contribution in [0.1, 0.15) is 5.56 Å². The molecule has 1 heterocycles. The molecule has 1 saturated heterocycles. The summed E-state index contributed by atoms with van der Waals surface area (Å²) < 4.78 is 10.6. The molecule has 0 radical (unpaired) electrons. The van der Waals surface area contributed by atoms with Crippen LogP contribution in [0.4, 0.5) is 0 Å². The largest absolute Gasteiger partial charge is 0.490 e. The number of hydrogen-bond donors (Lipinski definition) is 1. The smallest absolute Gasteiger partial charge is 0.221 e. The third-order valence-corrected chi connectivity index (χ3v) is 2.46. The molecule has 86 valence electrons. The zero-order valence-corrected chi connectivity index (χ0v) is 9.37. The lowest BCUT2D eigenvalue weighted by molar-refractivity contribution is -0.117. The maximum atomic E-state index is 10.9.